The molecule has 2 heterocycles. The van der Waals surface area contributed by atoms with Crippen LogP contribution in [0.5, 0.6) is 0 Å². The molecule has 0 aliphatic heterocycles. The van der Waals surface area contributed by atoms with Gasteiger partial charge in [0, 0.05) is 17.5 Å². The number of aromatic amines is 1. The highest BCUT2D eigenvalue weighted by Crippen LogP contribution is 2.19. The van der Waals surface area contributed by atoms with Crippen LogP contribution in [0.1, 0.15) is 43.5 Å². The molecule has 2 aromatic rings. The maximum atomic E-state index is 12.2. The minimum absolute atomic E-state index is 0.0646. The quantitative estimate of drug-likeness (QED) is 0.919. The monoisotopic (exact) mass is 257 g/mol. The van der Waals surface area contributed by atoms with Crippen molar-refractivity contribution in [1.82, 2.24) is 15.0 Å². The summed E-state index contributed by atoms with van der Waals surface area (Å²) in [5, 5.41) is 0. The van der Waals surface area contributed by atoms with Gasteiger partial charge < -0.3 is 4.98 Å². The van der Waals surface area contributed by atoms with E-state index in [-0.39, 0.29) is 11.5 Å². The zero-order valence-corrected chi connectivity index (χ0v) is 11.8. The summed E-state index contributed by atoms with van der Waals surface area (Å²) in [6.45, 7) is 7.94. The molecule has 0 aliphatic carbocycles. The van der Waals surface area contributed by atoms with Crippen LogP contribution in [0.4, 0.5) is 0 Å². The number of nitrogens with one attached hydrogen (secondary N) is 1. The Balaban J connectivity index is 2.62. The molecule has 0 unspecified atom stereocenters. The summed E-state index contributed by atoms with van der Waals surface area (Å²) in [7, 11) is 0. The normalized spacial score (nSPS) is 11.0. The molecule has 0 bridgehead atoms. The average molecular weight is 257 g/mol. The lowest BCUT2D eigenvalue weighted by molar-refractivity contribution is 0.813. The van der Waals surface area contributed by atoms with Crippen molar-refractivity contribution in [3.8, 4) is 11.5 Å². The number of nitrogens with zero attached hydrogens (tertiary/aromatic N) is 2. The fourth-order valence-corrected chi connectivity index (χ4v) is 2.32. The van der Waals surface area contributed by atoms with Gasteiger partial charge in [0.2, 0.25) is 0 Å². The summed E-state index contributed by atoms with van der Waals surface area (Å²) in [5.74, 6) is 0.726. The summed E-state index contributed by atoms with van der Waals surface area (Å²) in [4.78, 5) is 23.9. The van der Waals surface area contributed by atoms with Crippen LogP contribution in [0.25, 0.3) is 11.5 Å². The third kappa shape index (κ3) is 2.57. The van der Waals surface area contributed by atoms with Gasteiger partial charge in [-0.25, -0.2) is 4.98 Å². The number of hydrogen-bond acceptors (Lipinski definition) is 3. The second-order valence-electron chi connectivity index (χ2n) is 4.93. The molecule has 0 radical (unpaired) electrons. The van der Waals surface area contributed by atoms with Crippen molar-refractivity contribution in [2.24, 2.45) is 0 Å². The second-order valence-corrected chi connectivity index (χ2v) is 4.93. The highest BCUT2D eigenvalue weighted by atomic mass is 16.1. The van der Waals surface area contributed by atoms with Crippen molar-refractivity contribution in [3.05, 3.63) is 45.5 Å². The lowest BCUT2D eigenvalue weighted by atomic mass is 10.0. The zero-order valence-electron chi connectivity index (χ0n) is 11.8. The first-order chi connectivity index (χ1) is 9.04. The maximum Gasteiger partial charge on any atom is 0.254 e. The summed E-state index contributed by atoms with van der Waals surface area (Å²) in [5.41, 5.74) is 3.31. The third-order valence-electron chi connectivity index (χ3n) is 3.22. The first kappa shape index (κ1) is 13.5. The molecule has 0 spiro atoms. The minimum atomic E-state index is -0.0646. The van der Waals surface area contributed by atoms with Gasteiger partial charge >= 0.3 is 0 Å². The van der Waals surface area contributed by atoms with Crippen molar-refractivity contribution in [1.29, 1.82) is 0 Å². The van der Waals surface area contributed by atoms with Gasteiger partial charge in [0.15, 0.2) is 5.82 Å². The van der Waals surface area contributed by atoms with E-state index in [4.69, 9.17) is 0 Å². The smallest absolute Gasteiger partial charge is 0.254 e. The Kier molecular flexibility index (Phi) is 3.79. The van der Waals surface area contributed by atoms with Crippen LogP contribution in [0.15, 0.2) is 23.1 Å². The van der Waals surface area contributed by atoms with Crippen LogP contribution in [0.3, 0.4) is 0 Å². The molecule has 2 aromatic heterocycles. The molecule has 4 heteroatoms. The number of pyridine rings is 1. The van der Waals surface area contributed by atoms with Crippen LogP contribution in [0.2, 0.25) is 0 Å². The van der Waals surface area contributed by atoms with E-state index in [2.05, 4.69) is 21.9 Å². The number of H-pyrrole nitrogens is 1. The molecule has 100 valence electrons. The lowest BCUT2D eigenvalue weighted by Gasteiger charge is -2.11. The van der Waals surface area contributed by atoms with Crippen molar-refractivity contribution in [2.45, 2.75) is 40.0 Å². The van der Waals surface area contributed by atoms with E-state index in [0.717, 1.165) is 28.9 Å². The van der Waals surface area contributed by atoms with Gasteiger partial charge in [0.05, 0.1) is 0 Å². The fraction of sp³-hybridized carbons (Fsp3) is 0.400. The van der Waals surface area contributed by atoms with Crippen LogP contribution in [0, 0.1) is 6.92 Å². The van der Waals surface area contributed by atoms with Crippen molar-refractivity contribution in [3.63, 3.8) is 0 Å². The van der Waals surface area contributed by atoms with Gasteiger partial charge in [-0.15, -0.1) is 0 Å². The zero-order chi connectivity index (χ0) is 14.0. The van der Waals surface area contributed by atoms with Crippen LogP contribution in [-0.2, 0) is 6.42 Å². The molecule has 0 aromatic carbocycles. The summed E-state index contributed by atoms with van der Waals surface area (Å²) >= 11 is 0. The molecular weight excluding hydrogens is 238 g/mol. The Hall–Kier alpha value is -1.97. The number of aryl methyl sites for hydroxylation is 2. The Morgan fingerprint density at radius 1 is 1.37 bits per heavy atom. The first-order valence-electron chi connectivity index (χ1n) is 6.59. The van der Waals surface area contributed by atoms with E-state index in [9.17, 15) is 4.79 Å². The van der Waals surface area contributed by atoms with E-state index in [1.54, 1.807) is 6.20 Å². The van der Waals surface area contributed by atoms with E-state index in [1.807, 2.05) is 32.9 Å². The fourth-order valence-electron chi connectivity index (χ4n) is 2.32. The molecular formula is C15H19N3O. The minimum Gasteiger partial charge on any atom is -0.305 e. The Morgan fingerprint density at radius 3 is 2.68 bits per heavy atom. The third-order valence-corrected chi connectivity index (χ3v) is 3.22. The van der Waals surface area contributed by atoms with E-state index >= 15 is 0 Å². The second kappa shape index (κ2) is 5.34. The van der Waals surface area contributed by atoms with Gasteiger partial charge in [-0.1, -0.05) is 26.8 Å². The van der Waals surface area contributed by atoms with E-state index < -0.39 is 0 Å². The highest BCUT2D eigenvalue weighted by molar-refractivity contribution is 5.54. The van der Waals surface area contributed by atoms with Gasteiger partial charge in [0.25, 0.3) is 5.56 Å². The van der Waals surface area contributed by atoms with Crippen LogP contribution < -0.4 is 5.56 Å². The Morgan fingerprint density at radius 2 is 2.11 bits per heavy atom. The predicted octanol–water partition coefficient (Wildman–Crippen LogP) is 2.83. The van der Waals surface area contributed by atoms with E-state index in [1.165, 1.54) is 0 Å². The van der Waals surface area contributed by atoms with Crippen molar-refractivity contribution >= 4 is 0 Å². The largest absolute Gasteiger partial charge is 0.305 e. The molecule has 0 atom stereocenters. The summed E-state index contributed by atoms with van der Waals surface area (Å²) in [6, 6.07) is 3.91. The van der Waals surface area contributed by atoms with Crippen molar-refractivity contribution in [2.75, 3.05) is 0 Å². The maximum absolute atomic E-state index is 12.2. The highest BCUT2D eigenvalue weighted by Gasteiger charge is 2.14. The molecule has 4 nitrogen and oxygen atoms in total. The predicted molar refractivity (Wildman–Crippen MR) is 76.3 cm³/mol. The number of hydrogen-bond donors (Lipinski definition) is 1. The lowest BCUT2D eigenvalue weighted by Crippen LogP contribution is -2.19. The Labute approximate surface area is 112 Å². The van der Waals surface area contributed by atoms with Crippen LogP contribution in [-0.4, -0.2) is 15.0 Å². The molecule has 0 saturated heterocycles. The van der Waals surface area contributed by atoms with E-state index in [0.29, 0.717) is 5.82 Å². The topological polar surface area (TPSA) is 58.6 Å². The summed E-state index contributed by atoms with van der Waals surface area (Å²) in [6.07, 6.45) is 2.58. The standard InChI is InChI=1S/C15H19N3O/c1-5-11-7-6-8-16-13(11)14-17-10(4)12(9(2)3)15(19)18-14/h6-9H,5H2,1-4H3,(H,17,18,19). The van der Waals surface area contributed by atoms with Gasteiger partial charge in [-0.3, -0.25) is 9.78 Å². The average Bonchev–Trinajstić information content (AvgIpc) is 2.37. The van der Waals surface area contributed by atoms with Gasteiger partial charge in [-0.05, 0) is 30.9 Å². The van der Waals surface area contributed by atoms with Gasteiger partial charge in [0.1, 0.15) is 5.69 Å². The van der Waals surface area contributed by atoms with Gasteiger partial charge in [-0.2, -0.15) is 0 Å². The van der Waals surface area contributed by atoms with Crippen LogP contribution >= 0.6 is 0 Å². The SMILES string of the molecule is CCc1cccnc1-c1nc(C)c(C(C)C)c(=O)[nH]1. The first-order valence-corrected chi connectivity index (χ1v) is 6.59. The van der Waals surface area contributed by atoms with Crippen molar-refractivity contribution < 1.29 is 0 Å². The molecule has 1 N–H and O–H groups in total. The number of rotatable bonds is 3. The molecule has 0 saturated carbocycles. The summed E-state index contributed by atoms with van der Waals surface area (Å²) < 4.78 is 0. The molecule has 0 aliphatic rings. The molecule has 19 heavy (non-hydrogen) atoms. The molecule has 2 rings (SSSR count). The number of aromatic nitrogens is 3. The Bertz CT molecular complexity index is 644. The molecule has 0 fully saturated rings. The molecule has 0 amide bonds.